The van der Waals surface area contributed by atoms with Crippen molar-refractivity contribution in [1.82, 2.24) is 10.5 Å². The van der Waals surface area contributed by atoms with Crippen LogP contribution >= 0.6 is 0 Å². The average Bonchev–Trinajstić information content (AvgIpc) is 2.51. The first kappa shape index (κ1) is 9.77. The standard InChI is InChI=1S/C9H14N2O2/c1-4-6(2)11-9(12)8-5-10-13-7(8)3/h5-6H,4H2,1-3H3,(H,11,12). The summed E-state index contributed by atoms with van der Waals surface area (Å²) in [4.78, 5) is 11.5. The molecule has 0 saturated heterocycles. The van der Waals surface area contributed by atoms with Gasteiger partial charge >= 0.3 is 0 Å². The Morgan fingerprint density at radius 3 is 2.92 bits per heavy atom. The smallest absolute Gasteiger partial charge is 0.256 e. The van der Waals surface area contributed by atoms with Crippen LogP contribution in [0.1, 0.15) is 36.4 Å². The van der Waals surface area contributed by atoms with Gasteiger partial charge in [-0.3, -0.25) is 4.79 Å². The van der Waals surface area contributed by atoms with Crippen LogP contribution in [0, 0.1) is 6.92 Å². The van der Waals surface area contributed by atoms with Crippen molar-refractivity contribution in [3.63, 3.8) is 0 Å². The van der Waals surface area contributed by atoms with Crippen molar-refractivity contribution >= 4 is 5.91 Å². The second kappa shape index (κ2) is 4.07. The van der Waals surface area contributed by atoms with Crippen molar-refractivity contribution in [3.05, 3.63) is 17.5 Å². The molecule has 4 nitrogen and oxygen atoms in total. The van der Waals surface area contributed by atoms with Crippen LogP contribution in [-0.2, 0) is 0 Å². The minimum absolute atomic E-state index is 0.117. The molecule has 0 aliphatic carbocycles. The summed E-state index contributed by atoms with van der Waals surface area (Å²) in [6, 6.07) is 0.182. The number of rotatable bonds is 3. The first-order valence-electron chi connectivity index (χ1n) is 4.37. The lowest BCUT2D eigenvalue weighted by Crippen LogP contribution is -2.32. The number of hydrogen-bond donors (Lipinski definition) is 1. The van der Waals surface area contributed by atoms with E-state index in [2.05, 4.69) is 10.5 Å². The van der Waals surface area contributed by atoms with Gasteiger partial charge in [-0.15, -0.1) is 0 Å². The number of nitrogens with zero attached hydrogens (tertiary/aromatic N) is 1. The monoisotopic (exact) mass is 182 g/mol. The molecule has 1 unspecified atom stereocenters. The molecule has 1 amide bonds. The summed E-state index contributed by atoms with van der Waals surface area (Å²) < 4.78 is 4.79. The third kappa shape index (κ3) is 2.31. The zero-order valence-corrected chi connectivity index (χ0v) is 8.13. The molecule has 0 aromatic carbocycles. The van der Waals surface area contributed by atoms with E-state index in [0.717, 1.165) is 6.42 Å². The van der Waals surface area contributed by atoms with E-state index in [1.807, 2.05) is 13.8 Å². The molecule has 0 spiro atoms. The summed E-state index contributed by atoms with van der Waals surface area (Å²) in [5.74, 6) is 0.439. The largest absolute Gasteiger partial charge is 0.361 e. The van der Waals surface area contributed by atoms with Crippen LogP contribution in [0.15, 0.2) is 10.7 Å². The molecule has 0 bridgehead atoms. The van der Waals surface area contributed by atoms with Crippen LogP contribution in [0.3, 0.4) is 0 Å². The Morgan fingerprint density at radius 2 is 2.46 bits per heavy atom. The van der Waals surface area contributed by atoms with Crippen LogP contribution in [0.2, 0.25) is 0 Å². The molecule has 4 heteroatoms. The first-order valence-corrected chi connectivity index (χ1v) is 4.37. The summed E-state index contributed by atoms with van der Waals surface area (Å²) in [5, 5.41) is 6.37. The Balaban J connectivity index is 2.64. The number of aryl methyl sites for hydroxylation is 1. The van der Waals surface area contributed by atoms with E-state index < -0.39 is 0 Å². The highest BCUT2D eigenvalue weighted by molar-refractivity contribution is 5.94. The van der Waals surface area contributed by atoms with Gasteiger partial charge in [0.05, 0.1) is 6.20 Å². The van der Waals surface area contributed by atoms with E-state index in [1.54, 1.807) is 6.92 Å². The fraction of sp³-hybridized carbons (Fsp3) is 0.556. The van der Waals surface area contributed by atoms with Crippen molar-refractivity contribution < 1.29 is 9.32 Å². The molecule has 0 aliphatic heterocycles. The lowest BCUT2D eigenvalue weighted by Gasteiger charge is -2.09. The van der Waals surface area contributed by atoms with E-state index in [4.69, 9.17) is 4.52 Å². The Hall–Kier alpha value is -1.32. The molecular formula is C9H14N2O2. The SMILES string of the molecule is CCC(C)NC(=O)c1cnoc1C. The van der Waals surface area contributed by atoms with Gasteiger partial charge in [-0.05, 0) is 20.3 Å². The minimum Gasteiger partial charge on any atom is -0.361 e. The maximum Gasteiger partial charge on any atom is 0.256 e. The third-order valence-electron chi connectivity index (χ3n) is 1.99. The highest BCUT2D eigenvalue weighted by Crippen LogP contribution is 2.05. The molecular weight excluding hydrogens is 168 g/mol. The zero-order valence-electron chi connectivity index (χ0n) is 8.13. The first-order chi connectivity index (χ1) is 6.15. The maximum absolute atomic E-state index is 11.5. The Bertz CT molecular complexity index is 294. The number of amides is 1. The predicted octanol–water partition coefficient (Wildman–Crippen LogP) is 1.51. The molecule has 1 aromatic rings. The summed E-state index contributed by atoms with van der Waals surface area (Å²) in [6.07, 6.45) is 2.35. The Kier molecular flexibility index (Phi) is 3.06. The van der Waals surface area contributed by atoms with E-state index in [1.165, 1.54) is 6.20 Å². The molecule has 0 saturated carbocycles. The van der Waals surface area contributed by atoms with Gasteiger partial charge < -0.3 is 9.84 Å². The maximum atomic E-state index is 11.5. The van der Waals surface area contributed by atoms with Crippen molar-refractivity contribution in [2.75, 3.05) is 0 Å². The summed E-state index contributed by atoms with van der Waals surface area (Å²) in [7, 11) is 0. The second-order valence-corrected chi connectivity index (χ2v) is 3.08. The van der Waals surface area contributed by atoms with Gasteiger partial charge in [0, 0.05) is 6.04 Å². The number of aromatic nitrogens is 1. The van der Waals surface area contributed by atoms with E-state index in [9.17, 15) is 4.79 Å². The average molecular weight is 182 g/mol. The molecule has 0 fully saturated rings. The fourth-order valence-electron chi connectivity index (χ4n) is 0.920. The number of carbonyl (C=O) groups is 1. The molecule has 0 radical (unpaired) electrons. The van der Waals surface area contributed by atoms with E-state index in [-0.39, 0.29) is 11.9 Å². The topological polar surface area (TPSA) is 55.1 Å². The van der Waals surface area contributed by atoms with Crippen LogP contribution in [-0.4, -0.2) is 17.1 Å². The fourth-order valence-corrected chi connectivity index (χ4v) is 0.920. The van der Waals surface area contributed by atoms with Gasteiger partial charge in [0.2, 0.25) is 0 Å². The molecule has 1 heterocycles. The lowest BCUT2D eigenvalue weighted by molar-refractivity contribution is 0.0938. The Labute approximate surface area is 77.3 Å². The second-order valence-electron chi connectivity index (χ2n) is 3.08. The molecule has 1 atom stereocenters. The molecule has 1 N–H and O–H groups in total. The van der Waals surface area contributed by atoms with Gasteiger partial charge in [0.1, 0.15) is 11.3 Å². The van der Waals surface area contributed by atoms with Crippen LogP contribution in [0.5, 0.6) is 0 Å². The normalized spacial score (nSPS) is 12.5. The summed E-state index contributed by atoms with van der Waals surface area (Å²) >= 11 is 0. The Morgan fingerprint density at radius 1 is 1.77 bits per heavy atom. The third-order valence-corrected chi connectivity index (χ3v) is 1.99. The van der Waals surface area contributed by atoms with Gasteiger partial charge in [-0.2, -0.15) is 0 Å². The summed E-state index contributed by atoms with van der Waals surface area (Å²) in [6.45, 7) is 5.70. The number of hydrogen-bond acceptors (Lipinski definition) is 3. The summed E-state index contributed by atoms with van der Waals surface area (Å²) in [5.41, 5.74) is 0.514. The number of carbonyl (C=O) groups excluding carboxylic acids is 1. The lowest BCUT2D eigenvalue weighted by atomic mass is 10.2. The molecule has 1 rings (SSSR count). The molecule has 0 aliphatic rings. The van der Waals surface area contributed by atoms with Crippen molar-refractivity contribution in [3.8, 4) is 0 Å². The molecule has 13 heavy (non-hydrogen) atoms. The van der Waals surface area contributed by atoms with Crippen molar-refractivity contribution in [2.24, 2.45) is 0 Å². The quantitative estimate of drug-likeness (QED) is 0.770. The molecule has 1 aromatic heterocycles. The van der Waals surface area contributed by atoms with Gasteiger partial charge in [0.15, 0.2) is 0 Å². The van der Waals surface area contributed by atoms with Crippen LogP contribution in [0.4, 0.5) is 0 Å². The van der Waals surface area contributed by atoms with E-state index in [0.29, 0.717) is 11.3 Å². The highest BCUT2D eigenvalue weighted by Gasteiger charge is 2.13. The van der Waals surface area contributed by atoms with E-state index >= 15 is 0 Å². The van der Waals surface area contributed by atoms with Crippen LogP contribution in [0.25, 0.3) is 0 Å². The van der Waals surface area contributed by atoms with Gasteiger partial charge in [-0.1, -0.05) is 12.1 Å². The van der Waals surface area contributed by atoms with Gasteiger partial charge in [-0.25, -0.2) is 0 Å². The molecule has 72 valence electrons. The van der Waals surface area contributed by atoms with Crippen LogP contribution < -0.4 is 5.32 Å². The van der Waals surface area contributed by atoms with Crippen molar-refractivity contribution in [1.29, 1.82) is 0 Å². The van der Waals surface area contributed by atoms with Crippen molar-refractivity contribution in [2.45, 2.75) is 33.2 Å². The van der Waals surface area contributed by atoms with Gasteiger partial charge in [0.25, 0.3) is 5.91 Å². The highest BCUT2D eigenvalue weighted by atomic mass is 16.5. The minimum atomic E-state index is -0.117. The zero-order chi connectivity index (χ0) is 9.84. The number of nitrogens with one attached hydrogen (secondary N) is 1. The predicted molar refractivity (Wildman–Crippen MR) is 48.5 cm³/mol.